The quantitative estimate of drug-likeness (QED) is 0.172. The van der Waals surface area contributed by atoms with Crippen molar-refractivity contribution in [3.63, 3.8) is 0 Å². The largest absolute Gasteiger partial charge is 0.507 e. The molecule has 0 bridgehead atoms. The number of unbranched alkanes of at least 4 members (excludes halogenated alkanes) is 2. The molecule has 0 aromatic heterocycles. The summed E-state index contributed by atoms with van der Waals surface area (Å²) >= 11 is 0. The van der Waals surface area contributed by atoms with Crippen LogP contribution in [0.5, 0.6) is 11.5 Å². The normalized spacial score (nSPS) is 25.3. The van der Waals surface area contributed by atoms with Crippen LogP contribution in [-0.2, 0) is 11.2 Å². The van der Waals surface area contributed by atoms with Crippen molar-refractivity contribution in [3.8, 4) is 11.5 Å². The molecule has 1 N–H and O–H groups in total. The van der Waals surface area contributed by atoms with Crippen LogP contribution in [0.25, 0.3) is 0 Å². The molecule has 4 atom stereocenters. The monoisotopic (exact) mass is 440 g/mol. The summed E-state index contributed by atoms with van der Waals surface area (Å²) in [6.07, 6.45) is 8.93. The van der Waals surface area contributed by atoms with E-state index in [0.29, 0.717) is 18.4 Å². The SMILES string of the molecule is C=C(C)[C@@H]1CCC(C)=C[C@H]1c1c(O)cc(CCCCC)cc1O/C(=N\C)OCC1CN1C. The van der Waals surface area contributed by atoms with Crippen molar-refractivity contribution in [2.24, 2.45) is 10.9 Å². The van der Waals surface area contributed by atoms with E-state index < -0.39 is 0 Å². The number of rotatable bonds is 9. The number of aliphatic imine (C=N–C) groups is 1. The van der Waals surface area contributed by atoms with Crippen LogP contribution in [0, 0.1) is 5.92 Å². The Labute approximate surface area is 193 Å². The van der Waals surface area contributed by atoms with Gasteiger partial charge < -0.3 is 14.6 Å². The minimum absolute atomic E-state index is 0.0219. The molecule has 1 fully saturated rings. The molecule has 5 nitrogen and oxygen atoms in total. The van der Waals surface area contributed by atoms with Crippen molar-refractivity contribution >= 4 is 6.08 Å². The third-order valence-electron chi connectivity index (χ3n) is 6.73. The van der Waals surface area contributed by atoms with Gasteiger partial charge in [0.25, 0.3) is 0 Å². The highest BCUT2D eigenvalue weighted by Crippen LogP contribution is 2.47. The predicted molar refractivity (Wildman–Crippen MR) is 132 cm³/mol. The first-order valence-electron chi connectivity index (χ1n) is 12.0. The van der Waals surface area contributed by atoms with Crippen LogP contribution < -0.4 is 4.74 Å². The summed E-state index contributed by atoms with van der Waals surface area (Å²) in [6, 6.07) is 4.39. The average molecular weight is 441 g/mol. The highest BCUT2D eigenvalue weighted by Gasteiger charge is 2.33. The molecule has 0 saturated carbocycles. The van der Waals surface area contributed by atoms with Gasteiger partial charge >= 0.3 is 6.08 Å². The van der Waals surface area contributed by atoms with Gasteiger partial charge in [-0.3, -0.25) is 4.90 Å². The van der Waals surface area contributed by atoms with E-state index in [4.69, 9.17) is 9.47 Å². The van der Waals surface area contributed by atoms with Crippen molar-refractivity contribution in [2.75, 3.05) is 27.2 Å². The molecular weight excluding hydrogens is 400 g/mol. The van der Waals surface area contributed by atoms with Gasteiger partial charge in [-0.15, -0.1) is 0 Å². The number of ether oxygens (including phenoxy) is 2. The number of aromatic hydroxyl groups is 1. The van der Waals surface area contributed by atoms with Gasteiger partial charge in [0.2, 0.25) is 0 Å². The van der Waals surface area contributed by atoms with E-state index in [1.165, 1.54) is 12.0 Å². The van der Waals surface area contributed by atoms with E-state index in [2.05, 4.69) is 56.4 Å². The maximum atomic E-state index is 11.2. The smallest absolute Gasteiger partial charge is 0.388 e. The van der Waals surface area contributed by atoms with Crippen LogP contribution in [-0.4, -0.2) is 49.4 Å². The molecule has 2 unspecified atom stereocenters. The number of hydrogen-bond donors (Lipinski definition) is 1. The van der Waals surface area contributed by atoms with Crippen molar-refractivity contribution in [2.45, 2.75) is 71.3 Å². The average Bonchev–Trinajstić information content (AvgIpc) is 3.45. The van der Waals surface area contributed by atoms with Crippen LogP contribution in [0.3, 0.4) is 0 Å². The van der Waals surface area contributed by atoms with Crippen LogP contribution in [0.4, 0.5) is 0 Å². The molecule has 176 valence electrons. The molecule has 0 amide bonds. The zero-order valence-corrected chi connectivity index (χ0v) is 20.5. The highest BCUT2D eigenvalue weighted by atomic mass is 16.7. The third-order valence-corrected chi connectivity index (χ3v) is 6.73. The van der Waals surface area contributed by atoms with E-state index in [0.717, 1.165) is 55.3 Å². The Bertz CT molecular complexity index is 874. The van der Waals surface area contributed by atoms with Crippen LogP contribution in [0.1, 0.15) is 69.9 Å². The second kappa shape index (κ2) is 11.0. The van der Waals surface area contributed by atoms with Crippen LogP contribution >= 0.6 is 0 Å². The minimum Gasteiger partial charge on any atom is -0.507 e. The number of phenolic OH excluding ortho intramolecular Hbond substituents is 1. The van der Waals surface area contributed by atoms with Crippen molar-refractivity contribution in [1.82, 2.24) is 4.90 Å². The summed E-state index contributed by atoms with van der Waals surface area (Å²) < 4.78 is 12.1. The van der Waals surface area contributed by atoms with Gasteiger partial charge in [-0.05, 0) is 70.2 Å². The van der Waals surface area contributed by atoms with Crippen molar-refractivity contribution in [3.05, 3.63) is 47.1 Å². The molecule has 1 aromatic carbocycles. The van der Waals surface area contributed by atoms with E-state index in [9.17, 15) is 5.11 Å². The molecule has 1 saturated heterocycles. The second-order valence-electron chi connectivity index (χ2n) is 9.51. The molecule has 1 aliphatic heterocycles. The van der Waals surface area contributed by atoms with E-state index >= 15 is 0 Å². The summed E-state index contributed by atoms with van der Waals surface area (Å²) in [5.74, 6) is 1.21. The standard InChI is InChI=1S/C27H40N2O3/c1-7-8-9-10-20-14-24(30)26(23-13-19(4)11-12-22(23)18(2)3)25(15-20)32-27(28-5)31-17-21-16-29(21)6/h13-15,21-23,30H,2,7-12,16-17H2,1,3-6H3/b28-27-/t21?,22-,23+,29?/m0/s1. The minimum atomic E-state index is 0.0219. The fourth-order valence-corrected chi connectivity index (χ4v) is 4.58. The second-order valence-corrected chi connectivity index (χ2v) is 9.51. The molecule has 32 heavy (non-hydrogen) atoms. The summed E-state index contributed by atoms with van der Waals surface area (Å²) in [5.41, 5.74) is 4.36. The summed E-state index contributed by atoms with van der Waals surface area (Å²) in [5, 5.41) is 11.2. The third kappa shape index (κ3) is 6.16. The lowest BCUT2D eigenvalue weighted by Gasteiger charge is -2.32. The first kappa shape index (κ1) is 24.4. The van der Waals surface area contributed by atoms with Gasteiger partial charge in [0.05, 0.1) is 6.04 Å². The maximum absolute atomic E-state index is 11.2. The zero-order chi connectivity index (χ0) is 23.3. The Balaban J connectivity index is 1.94. The number of aryl methyl sites for hydroxylation is 1. The molecule has 1 aromatic rings. The lowest BCUT2D eigenvalue weighted by Crippen LogP contribution is -2.21. The summed E-state index contributed by atoms with van der Waals surface area (Å²) in [6.45, 7) is 12.3. The Hall–Kier alpha value is -2.27. The molecule has 0 radical (unpaired) electrons. The highest BCUT2D eigenvalue weighted by molar-refractivity contribution is 5.71. The van der Waals surface area contributed by atoms with E-state index in [1.807, 2.05) is 6.07 Å². The maximum Gasteiger partial charge on any atom is 0.388 e. The van der Waals surface area contributed by atoms with Gasteiger partial charge in [-0.2, -0.15) is 0 Å². The first-order valence-corrected chi connectivity index (χ1v) is 12.0. The summed E-state index contributed by atoms with van der Waals surface area (Å²) in [4.78, 5) is 6.45. The number of allylic oxidation sites excluding steroid dienone is 3. The number of phenols is 1. The first-order chi connectivity index (χ1) is 15.3. The molecule has 1 heterocycles. The van der Waals surface area contributed by atoms with Crippen LogP contribution in [0.15, 0.2) is 40.9 Å². The fourth-order valence-electron chi connectivity index (χ4n) is 4.58. The molecule has 3 rings (SSSR count). The molecule has 5 heteroatoms. The predicted octanol–water partition coefficient (Wildman–Crippen LogP) is 5.84. The van der Waals surface area contributed by atoms with Gasteiger partial charge in [0, 0.05) is 25.1 Å². The van der Waals surface area contributed by atoms with Crippen LogP contribution in [0.2, 0.25) is 0 Å². The summed E-state index contributed by atoms with van der Waals surface area (Å²) in [7, 11) is 3.75. The molecule has 0 spiro atoms. The van der Waals surface area contributed by atoms with Crippen molar-refractivity contribution < 1.29 is 14.6 Å². The fraction of sp³-hybridized carbons (Fsp3) is 0.593. The van der Waals surface area contributed by atoms with E-state index in [-0.39, 0.29) is 23.7 Å². The van der Waals surface area contributed by atoms with Gasteiger partial charge in [0.1, 0.15) is 18.1 Å². The Morgan fingerprint density at radius 2 is 2.06 bits per heavy atom. The Morgan fingerprint density at radius 1 is 1.31 bits per heavy atom. The van der Waals surface area contributed by atoms with E-state index in [1.54, 1.807) is 7.05 Å². The van der Waals surface area contributed by atoms with Gasteiger partial charge in [-0.1, -0.05) is 43.6 Å². The number of likely N-dealkylation sites (N-methyl/N-ethyl adjacent to an activating group) is 1. The topological polar surface area (TPSA) is 54.1 Å². The number of hydrogen-bond acceptors (Lipinski definition) is 5. The molecular formula is C27H40N2O3. The molecule has 2 aliphatic rings. The van der Waals surface area contributed by atoms with Crippen molar-refractivity contribution in [1.29, 1.82) is 0 Å². The zero-order valence-electron chi connectivity index (χ0n) is 20.5. The van der Waals surface area contributed by atoms with Gasteiger partial charge in [-0.25, -0.2) is 4.99 Å². The Morgan fingerprint density at radius 3 is 2.69 bits per heavy atom. The Kier molecular flexibility index (Phi) is 8.41. The number of nitrogens with zero attached hydrogens (tertiary/aromatic N) is 2. The lowest BCUT2D eigenvalue weighted by molar-refractivity contribution is 0.225. The molecule has 1 aliphatic carbocycles. The number of benzene rings is 1. The lowest BCUT2D eigenvalue weighted by atomic mass is 9.73. The van der Waals surface area contributed by atoms with Gasteiger partial charge in [0.15, 0.2) is 0 Å².